The van der Waals surface area contributed by atoms with E-state index in [1.807, 2.05) is 26.0 Å². The van der Waals surface area contributed by atoms with Crippen molar-refractivity contribution in [2.24, 2.45) is 20.0 Å². The highest BCUT2D eigenvalue weighted by molar-refractivity contribution is 6.31. The molecule has 2 amide bonds. The Bertz CT molecular complexity index is 3470. The average molecular weight is 1050 g/mol. The monoisotopic (exact) mass is 1050 g/mol. The molecule has 0 saturated carbocycles. The van der Waals surface area contributed by atoms with Crippen LogP contribution in [-0.2, 0) is 44.7 Å². The number of unbranched alkanes of at least 4 members (excludes halogenated alkanes) is 1. The van der Waals surface area contributed by atoms with Crippen LogP contribution in [0.5, 0.6) is 0 Å². The largest absolute Gasteiger partial charge is 0.477 e. The van der Waals surface area contributed by atoms with Gasteiger partial charge in [0, 0.05) is 66.5 Å². The van der Waals surface area contributed by atoms with E-state index in [0.29, 0.717) is 25.0 Å². The minimum atomic E-state index is -0.142. The van der Waals surface area contributed by atoms with Crippen LogP contribution in [0.1, 0.15) is 189 Å². The van der Waals surface area contributed by atoms with Crippen molar-refractivity contribution >= 4 is 71.5 Å². The first-order valence-electron chi connectivity index (χ1n) is 28.6. The lowest BCUT2D eigenvalue weighted by molar-refractivity contribution is -0.114. The summed E-state index contributed by atoms with van der Waals surface area (Å²) in [6, 6.07) is 0. The molecular weight excluding hydrogens is 969 g/mol. The van der Waals surface area contributed by atoms with Gasteiger partial charge < -0.3 is 29.4 Å². The van der Waals surface area contributed by atoms with E-state index in [-0.39, 0.29) is 11.8 Å². The topological polar surface area (TPSA) is 165 Å². The molecule has 0 radical (unpaired) electrons. The molecule has 410 valence electrons. The Morgan fingerprint density at radius 1 is 0.359 bits per heavy atom. The number of carbonyl (C=O) groups is 2. The molecule has 0 aromatic carbocycles. The molecule has 0 bridgehead atoms. The Kier molecular flexibility index (Phi) is 17.6. The van der Waals surface area contributed by atoms with E-state index in [1.165, 1.54) is 55.7 Å². The molecule has 0 spiro atoms. The van der Waals surface area contributed by atoms with Crippen LogP contribution >= 0.6 is 0 Å². The van der Waals surface area contributed by atoms with E-state index < -0.39 is 0 Å². The van der Waals surface area contributed by atoms with Crippen LogP contribution in [0, 0.1) is 27.7 Å². The number of aromatic nitrogens is 4. The third-order valence-corrected chi connectivity index (χ3v) is 16.6. The lowest BCUT2D eigenvalue weighted by Gasteiger charge is -2.08. The maximum absolute atomic E-state index is 12.5. The van der Waals surface area contributed by atoms with Gasteiger partial charge in [0.15, 0.2) is 0 Å². The van der Waals surface area contributed by atoms with Crippen molar-refractivity contribution in [2.75, 3.05) is 13.2 Å². The first kappa shape index (κ1) is 56.9. The van der Waals surface area contributed by atoms with Gasteiger partial charge in [-0.1, -0.05) is 55.4 Å². The molecule has 0 unspecified atom stereocenters. The van der Waals surface area contributed by atoms with Crippen molar-refractivity contribution in [3.63, 3.8) is 0 Å². The van der Waals surface area contributed by atoms with Crippen LogP contribution in [0.2, 0.25) is 0 Å². The Balaban J connectivity index is 0.939. The molecule has 8 heterocycles. The lowest BCUT2D eigenvalue weighted by Crippen LogP contribution is -2.14. The fraction of sp³-hybridized carbons (Fsp3) is 0.424. The van der Waals surface area contributed by atoms with Gasteiger partial charge in [-0.2, -0.15) is 0 Å². The lowest BCUT2D eigenvalue weighted by atomic mass is 10.0. The minimum absolute atomic E-state index is 0.142. The van der Waals surface area contributed by atoms with E-state index >= 15 is 0 Å². The van der Waals surface area contributed by atoms with Gasteiger partial charge in [0.2, 0.25) is 11.8 Å². The summed E-state index contributed by atoms with van der Waals surface area (Å²) in [5, 5.41) is 4.10. The van der Waals surface area contributed by atoms with Gasteiger partial charge >= 0.3 is 0 Å². The van der Waals surface area contributed by atoms with Crippen LogP contribution in [0.4, 0.5) is 0 Å². The van der Waals surface area contributed by atoms with Crippen LogP contribution < -0.4 is 21.4 Å². The molecule has 12 nitrogen and oxygen atoms in total. The second kappa shape index (κ2) is 24.1. The zero-order valence-electron chi connectivity index (χ0n) is 49.4. The first-order chi connectivity index (χ1) is 37.4. The molecule has 12 heteroatoms. The number of hydrogen-bond acceptors (Lipinski definition) is 6. The van der Waals surface area contributed by atoms with Gasteiger partial charge in [0.1, 0.15) is 0 Å². The quantitative estimate of drug-likeness (QED) is 0.0687. The van der Waals surface area contributed by atoms with Gasteiger partial charge in [-0.3, -0.25) is 9.59 Å². The van der Waals surface area contributed by atoms with Crippen LogP contribution in [0.25, 0.3) is 36.5 Å². The molecule has 4 N–H and O–H groups in total. The van der Waals surface area contributed by atoms with Gasteiger partial charge in [-0.25, -0.2) is 20.0 Å². The number of aromatic amines is 4. The zero-order valence-corrected chi connectivity index (χ0v) is 49.4. The molecule has 0 fully saturated rings. The van der Waals surface area contributed by atoms with Crippen molar-refractivity contribution in [3.05, 3.63) is 145 Å². The minimum Gasteiger partial charge on any atom is -0.477 e. The maximum atomic E-state index is 12.5. The van der Waals surface area contributed by atoms with E-state index in [1.54, 1.807) is 0 Å². The van der Waals surface area contributed by atoms with Gasteiger partial charge in [-0.05, 0) is 223 Å². The third-order valence-electron chi connectivity index (χ3n) is 16.6. The molecular formula is C66H82N8O4. The smallest absolute Gasteiger partial charge is 0.273 e. The molecule has 78 heavy (non-hydrogen) atoms. The number of hydrogen-bond donors (Lipinski definition) is 4. The molecule has 4 aliphatic rings. The van der Waals surface area contributed by atoms with Gasteiger partial charge in [0.05, 0.1) is 36.0 Å². The van der Waals surface area contributed by atoms with Crippen molar-refractivity contribution in [2.45, 2.75) is 175 Å². The summed E-state index contributed by atoms with van der Waals surface area (Å²) in [4.78, 5) is 58.7. The van der Waals surface area contributed by atoms with E-state index in [4.69, 9.17) is 19.5 Å². The van der Waals surface area contributed by atoms with E-state index in [0.717, 1.165) is 165 Å². The number of H-pyrrole nitrogens is 4. The predicted octanol–water partition coefficient (Wildman–Crippen LogP) is 11.6. The molecule has 4 aliphatic heterocycles. The molecule has 0 atom stereocenters. The summed E-state index contributed by atoms with van der Waals surface area (Å²) >= 11 is 0. The van der Waals surface area contributed by atoms with Crippen molar-refractivity contribution in [1.29, 1.82) is 0 Å². The number of nitrogens with zero attached hydrogens (tertiary/aromatic N) is 4. The number of ether oxygens (including phenoxy) is 2. The van der Waals surface area contributed by atoms with Gasteiger partial charge in [0.25, 0.3) is 11.8 Å². The highest BCUT2D eigenvalue weighted by Crippen LogP contribution is 2.34. The number of aliphatic imine (C=N–C) groups is 4. The van der Waals surface area contributed by atoms with Crippen molar-refractivity contribution in [3.8, 4) is 0 Å². The summed E-state index contributed by atoms with van der Waals surface area (Å²) in [6.07, 6.45) is 21.2. The summed E-state index contributed by atoms with van der Waals surface area (Å²) in [6.45, 7) is 35.0. The first-order valence-corrected chi connectivity index (χ1v) is 28.6. The third kappa shape index (κ3) is 10.9. The summed E-state index contributed by atoms with van der Waals surface area (Å²) in [5.74, 6) is 1.09. The Morgan fingerprint density at radius 2 is 0.718 bits per heavy atom. The Labute approximate surface area is 461 Å². The standard InChI is InChI=1S/C66H82N8O4/c1-17-43-35(9)51(29-59-47(21-5)39(13)63(75)71-59)67-55(43)33-57-45(19-3)37(11)53(69-57)31-61-49(23-7)41(15)65(73-61)77-27-25-26-28-78-66-42(16)50(24-8)62(74-66)32-54-38(12)46(20-4)58(70-54)34-56-44(18-2)36(10)52(68-56)30-60-48(22-6)40(14)64(76)72-60/h29-34,67-70H,17-28H2,1-16H3/b51-29+,52-30+,55-33-,56-34-,61-31-,62-32-. The molecule has 4 aromatic rings. The zero-order chi connectivity index (χ0) is 56.3. The van der Waals surface area contributed by atoms with E-state index in [9.17, 15) is 9.59 Å². The maximum Gasteiger partial charge on any atom is 0.273 e. The molecule has 0 saturated heterocycles. The molecule has 8 rings (SSSR count). The number of carbonyl (C=O) groups excluding carboxylic acids is 2. The van der Waals surface area contributed by atoms with Crippen LogP contribution in [0.15, 0.2) is 75.9 Å². The second-order valence-corrected chi connectivity index (χ2v) is 20.9. The Morgan fingerprint density at radius 3 is 1.05 bits per heavy atom. The number of rotatable bonds is 19. The predicted molar refractivity (Wildman–Crippen MR) is 323 cm³/mol. The van der Waals surface area contributed by atoms with Crippen molar-refractivity contribution in [1.82, 2.24) is 19.9 Å². The Hall–Kier alpha value is -7.34. The van der Waals surface area contributed by atoms with Crippen molar-refractivity contribution < 1.29 is 19.1 Å². The van der Waals surface area contributed by atoms with Gasteiger partial charge in [-0.15, -0.1) is 0 Å². The molecule has 0 aliphatic carbocycles. The normalized spacial score (nSPS) is 18.1. The second-order valence-electron chi connectivity index (χ2n) is 20.9. The number of amides is 2. The summed E-state index contributed by atoms with van der Waals surface area (Å²) < 4.78 is 12.8. The fourth-order valence-electron chi connectivity index (χ4n) is 11.9. The average Bonchev–Trinajstić information content (AvgIpc) is 4.32. The van der Waals surface area contributed by atoms with Crippen LogP contribution in [-0.4, -0.2) is 68.2 Å². The highest BCUT2D eigenvalue weighted by atomic mass is 16.5. The summed E-state index contributed by atoms with van der Waals surface area (Å²) in [5.41, 5.74) is 25.5. The molecule has 4 aromatic heterocycles. The fourth-order valence-corrected chi connectivity index (χ4v) is 11.9. The van der Waals surface area contributed by atoms with Crippen LogP contribution in [0.3, 0.4) is 0 Å². The number of nitrogens with one attached hydrogen (secondary N) is 4. The van der Waals surface area contributed by atoms with E-state index in [2.05, 4.69) is 151 Å². The highest BCUT2D eigenvalue weighted by Gasteiger charge is 2.26. The summed E-state index contributed by atoms with van der Waals surface area (Å²) in [7, 11) is 0. The SMILES string of the molecule is CCC1=C(C)C(=O)N=C1/C=c1/[nH]/c(=C\c2[nH]c(/C=C3\N=C(OCCCCOC4=N/C(=C\c5[nH]c(/C=c6\[nH]/c(=C/C7=NC(=O)C(C)=C7CC)c(C)c6CC)c(CC)c5C)C(CC)=C4C)C(C)=C3CC)c(C)c2CC)c(CC)c1C. The number of allylic oxidation sites excluding steroid dienone is 4.